The summed E-state index contributed by atoms with van der Waals surface area (Å²) in [7, 11) is 0. The van der Waals surface area contributed by atoms with E-state index in [0.717, 1.165) is 6.33 Å². The Bertz CT molecular complexity index is 884. The highest BCUT2D eigenvalue weighted by Gasteiger charge is 2.31. The van der Waals surface area contributed by atoms with E-state index in [-0.39, 0.29) is 11.6 Å². The van der Waals surface area contributed by atoms with Gasteiger partial charge in [-0.1, -0.05) is 0 Å². The lowest BCUT2D eigenvalue weighted by Gasteiger charge is -2.30. The number of carboxylic acid groups (broad SMARTS) is 1. The van der Waals surface area contributed by atoms with Gasteiger partial charge in [0.1, 0.15) is 6.33 Å². The van der Waals surface area contributed by atoms with Gasteiger partial charge in [-0.3, -0.25) is 35.5 Å². The predicted octanol–water partition coefficient (Wildman–Crippen LogP) is 0.838. The van der Waals surface area contributed by atoms with E-state index in [1.54, 1.807) is 4.90 Å². The number of hydrogen-bond acceptors (Lipinski definition) is 9. The van der Waals surface area contributed by atoms with Gasteiger partial charge in [0.05, 0.1) is 10.8 Å². The molecule has 1 aliphatic rings. The first-order valence-corrected chi connectivity index (χ1v) is 8.41. The second-order valence-corrected chi connectivity index (χ2v) is 6.07. The van der Waals surface area contributed by atoms with E-state index < -0.39 is 28.4 Å². The summed E-state index contributed by atoms with van der Waals surface area (Å²) in [6.45, 7) is 0.634. The standard InChI is InChI=1S/C16H17N7O5/c24-15(10-1-5-17-6-2-10)21-20-13-12(23(27)28)14(19-9-18-13)22-7-3-11(4-8-22)16(25)26/h1-2,5-6,9,11H,3-4,7-8H2,(H,21,24)(H,25,26)(H,18,19,20). The number of anilines is 2. The maximum Gasteiger partial charge on any atom is 0.355 e. The van der Waals surface area contributed by atoms with Gasteiger partial charge in [-0.2, -0.15) is 0 Å². The van der Waals surface area contributed by atoms with E-state index in [1.807, 2.05) is 0 Å². The van der Waals surface area contributed by atoms with Gasteiger partial charge in [0.25, 0.3) is 5.91 Å². The molecule has 0 spiro atoms. The fraction of sp³-hybridized carbons (Fsp3) is 0.312. The van der Waals surface area contributed by atoms with Crippen molar-refractivity contribution in [2.45, 2.75) is 12.8 Å². The average Bonchev–Trinajstić information content (AvgIpc) is 2.72. The second-order valence-electron chi connectivity index (χ2n) is 6.07. The molecule has 0 atom stereocenters. The van der Waals surface area contributed by atoms with Crippen molar-refractivity contribution in [1.82, 2.24) is 20.4 Å². The number of carboxylic acids is 1. The molecule has 1 aliphatic heterocycles. The van der Waals surface area contributed by atoms with Crippen molar-refractivity contribution in [2.24, 2.45) is 5.92 Å². The normalized spacial score (nSPS) is 14.4. The number of pyridine rings is 1. The van der Waals surface area contributed by atoms with Crippen LogP contribution in [0.3, 0.4) is 0 Å². The first-order chi connectivity index (χ1) is 13.5. The van der Waals surface area contributed by atoms with E-state index in [0.29, 0.717) is 31.5 Å². The molecule has 0 bridgehead atoms. The van der Waals surface area contributed by atoms with Crippen LogP contribution in [0.2, 0.25) is 0 Å². The van der Waals surface area contributed by atoms with Gasteiger partial charge in [0.2, 0.25) is 11.6 Å². The SMILES string of the molecule is O=C(NNc1ncnc(N2CCC(C(=O)O)CC2)c1[N+](=O)[O-])c1ccncc1. The molecular formula is C16H17N7O5. The molecule has 1 amide bonds. The Hall–Kier alpha value is -3.83. The third kappa shape index (κ3) is 4.11. The number of rotatable bonds is 6. The number of hydrazine groups is 1. The lowest BCUT2D eigenvalue weighted by molar-refractivity contribution is -0.383. The third-order valence-electron chi connectivity index (χ3n) is 4.37. The molecule has 3 heterocycles. The first kappa shape index (κ1) is 18.9. The molecule has 0 radical (unpaired) electrons. The summed E-state index contributed by atoms with van der Waals surface area (Å²) >= 11 is 0. The van der Waals surface area contributed by atoms with E-state index >= 15 is 0 Å². The van der Waals surface area contributed by atoms with Crippen molar-refractivity contribution < 1.29 is 19.6 Å². The fourth-order valence-corrected chi connectivity index (χ4v) is 2.89. The fourth-order valence-electron chi connectivity index (χ4n) is 2.89. The molecule has 12 heteroatoms. The quantitative estimate of drug-likeness (QED) is 0.478. The molecule has 1 saturated heterocycles. The first-order valence-electron chi connectivity index (χ1n) is 8.41. The van der Waals surface area contributed by atoms with E-state index in [9.17, 15) is 19.7 Å². The number of piperidine rings is 1. The zero-order valence-corrected chi connectivity index (χ0v) is 14.6. The lowest BCUT2D eigenvalue weighted by Crippen LogP contribution is -2.37. The predicted molar refractivity (Wildman–Crippen MR) is 96.6 cm³/mol. The van der Waals surface area contributed by atoms with Crippen molar-refractivity contribution >= 4 is 29.2 Å². The Morgan fingerprint density at radius 1 is 1.21 bits per heavy atom. The summed E-state index contributed by atoms with van der Waals surface area (Å²) in [5, 5.41) is 20.7. The zero-order valence-electron chi connectivity index (χ0n) is 14.6. The smallest absolute Gasteiger partial charge is 0.355 e. The molecule has 2 aromatic heterocycles. The van der Waals surface area contributed by atoms with Crippen LogP contribution in [0.25, 0.3) is 0 Å². The van der Waals surface area contributed by atoms with Gasteiger partial charge >= 0.3 is 11.7 Å². The molecule has 1 fully saturated rings. The minimum atomic E-state index is -0.877. The Balaban J connectivity index is 1.77. The van der Waals surface area contributed by atoms with Gasteiger partial charge in [-0.15, -0.1) is 0 Å². The second kappa shape index (κ2) is 8.24. The number of nitrogens with zero attached hydrogens (tertiary/aromatic N) is 5. The van der Waals surface area contributed by atoms with Crippen molar-refractivity contribution in [3.63, 3.8) is 0 Å². The molecule has 28 heavy (non-hydrogen) atoms. The highest BCUT2D eigenvalue weighted by Crippen LogP contribution is 2.33. The van der Waals surface area contributed by atoms with Crippen LogP contribution in [0.4, 0.5) is 17.3 Å². The van der Waals surface area contributed by atoms with Crippen molar-refractivity contribution in [3.8, 4) is 0 Å². The van der Waals surface area contributed by atoms with Gasteiger partial charge < -0.3 is 10.0 Å². The van der Waals surface area contributed by atoms with Gasteiger partial charge in [-0.05, 0) is 25.0 Å². The Labute approximate surface area is 158 Å². The molecule has 3 N–H and O–H groups in total. The summed E-state index contributed by atoms with van der Waals surface area (Å²) in [6, 6.07) is 2.98. The average molecular weight is 387 g/mol. The van der Waals surface area contributed by atoms with Crippen LogP contribution in [0.5, 0.6) is 0 Å². The largest absolute Gasteiger partial charge is 0.481 e. The summed E-state index contributed by atoms with van der Waals surface area (Å²) in [6.07, 6.45) is 4.75. The van der Waals surface area contributed by atoms with Crippen molar-refractivity contribution in [2.75, 3.05) is 23.4 Å². The number of aliphatic carboxylic acids is 1. The highest BCUT2D eigenvalue weighted by atomic mass is 16.6. The summed E-state index contributed by atoms with van der Waals surface area (Å²) in [4.78, 5) is 47.5. The number of amides is 1. The van der Waals surface area contributed by atoms with Crippen LogP contribution in [-0.4, -0.2) is 49.9 Å². The van der Waals surface area contributed by atoms with Gasteiger partial charge in [0.15, 0.2) is 0 Å². The van der Waals surface area contributed by atoms with Gasteiger partial charge in [-0.25, -0.2) is 9.97 Å². The molecular weight excluding hydrogens is 370 g/mol. The van der Waals surface area contributed by atoms with E-state index in [2.05, 4.69) is 25.8 Å². The summed E-state index contributed by atoms with van der Waals surface area (Å²) < 4.78 is 0. The molecule has 0 saturated carbocycles. The van der Waals surface area contributed by atoms with Crippen LogP contribution in [0.15, 0.2) is 30.9 Å². The topological polar surface area (TPSA) is 163 Å². The Kier molecular flexibility index (Phi) is 5.58. The van der Waals surface area contributed by atoms with Crippen LogP contribution in [0.1, 0.15) is 23.2 Å². The number of nitrogens with one attached hydrogen (secondary N) is 2. The molecule has 0 unspecified atom stereocenters. The molecule has 146 valence electrons. The maximum atomic E-state index is 12.1. The maximum absolute atomic E-state index is 12.1. The van der Waals surface area contributed by atoms with Crippen LogP contribution < -0.4 is 15.8 Å². The summed E-state index contributed by atoms with van der Waals surface area (Å²) in [5.74, 6) is -1.96. The number of hydrogen-bond donors (Lipinski definition) is 3. The number of nitro groups is 1. The summed E-state index contributed by atoms with van der Waals surface area (Å²) in [5.41, 5.74) is 4.74. The number of carbonyl (C=O) groups excluding carboxylic acids is 1. The lowest BCUT2D eigenvalue weighted by atomic mass is 9.97. The highest BCUT2D eigenvalue weighted by molar-refractivity contribution is 5.94. The zero-order chi connectivity index (χ0) is 20.1. The number of carbonyl (C=O) groups is 2. The van der Waals surface area contributed by atoms with Crippen molar-refractivity contribution in [1.29, 1.82) is 0 Å². The Morgan fingerprint density at radius 3 is 2.50 bits per heavy atom. The molecule has 12 nitrogen and oxygen atoms in total. The van der Waals surface area contributed by atoms with Gasteiger partial charge in [0, 0.05) is 31.0 Å². The molecule has 0 aliphatic carbocycles. The molecule has 3 rings (SSSR count). The van der Waals surface area contributed by atoms with Crippen molar-refractivity contribution in [3.05, 3.63) is 46.5 Å². The van der Waals surface area contributed by atoms with Crippen LogP contribution in [-0.2, 0) is 4.79 Å². The number of aromatic nitrogens is 3. The monoisotopic (exact) mass is 387 g/mol. The van der Waals surface area contributed by atoms with Crippen LogP contribution >= 0.6 is 0 Å². The molecule has 2 aromatic rings. The van der Waals surface area contributed by atoms with Crippen LogP contribution in [0, 0.1) is 16.0 Å². The Morgan fingerprint density at radius 2 is 1.89 bits per heavy atom. The minimum absolute atomic E-state index is 0.0736. The van der Waals surface area contributed by atoms with E-state index in [4.69, 9.17) is 5.11 Å². The third-order valence-corrected chi connectivity index (χ3v) is 4.37. The minimum Gasteiger partial charge on any atom is -0.481 e. The van der Waals surface area contributed by atoms with E-state index in [1.165, 1.54) is 24.5 Å². The molecule has 0 aromatic carbocycles.